The highest BCUT2D eigenvalue weighted by Gasteiger charge is 2.25. The highest BCUT2D eigenvalue weighted by atomic mass is 16.5. The molecule has 0 aromatic heterocycles. The number of ether oxygens (including phenoxy) is 1. The van der Waals surface area contributed by atoms with Crippen LogP contribution in [0.15, 0.2) is 4.99 Å². The number of likely N-dealkylation sites (N-methyl/N-ethyl adjacent to an activating group) is 1. The van der Waals surface area contributed by atoms with E-state index >= 15 is 0 Å². The van der Waals surface area contributed by atoms with Crippen molar-refractivity contribution in [2.75, 3.05) is 33.3 Å². The second-order valence-corrected chi connectivity index (χ2v) is 5.55. The number of hydrogen-bond donors (Lipinski definition) is 1. The van der Waals surface area contributed by atoms with Crippen molar-refractivity contribution in [2.24, 2.45) is 16.8 Å². The van der Waals surface area contributed by atoms with Gasteiger partial charge in [-0.3, -0.25) is 4.99 Å². The molecule has 0 spiro atoms. The average molecular weight is 239 g/mol. The third kappa shape index (κ3) is 3.35. The van der Waals surface area contributed by atoms with Crippen LogP contribution in [-0.4, -0.2) is 50.3 Å². The first-order valence-corrected chi connectivity index (χ1v) is 6.78. The van der Waals surface area contributed by atoms with E-state index in [1.165, 1.54) is 12.8 Å². The summed E-state index contributed by atoms with van der Waals surface area (Å²) in [6.45, 7) is 8.42. The Morgan fingerprint density at radius 1 is 1.53 bits per heavy atom. The molecule has 2 unspecified atom stereocenters. The van der Waals surface area contributed by atoms with Gasteiger partial charge in [-0.15, -0.1) is 0 Å². The topological polar surface area (TPSA) is 36.9 Å². The minimum absolute atomic E-state index is 0.443. The van der Waals surface area contributed by atoms with Crippen molar-refractivity contribution in [1.29, 1.82) is 0 Å². The summed E-state index contributed by atoms with van der Waals surface area (Å²) in [5.41, 5.74) is 0. The fourth-order valence-corrected chi connectivity index (χ4v) is 2.51. The van der Waals surface area contributed by atoms with Crippen molar-refractivity contribution >= 4 is 5.96 Å². The van der Waals surface area contributed by atoms with Gasteiger partial charge in [0.05, 0.1) is 12.6 Å². The van der Waals surface area contributed by atoms with E-state index in [9.17, 15) is 0 Å². The fraction of sp³-hybridized carbons (Fsp3) is 0.923. The van der Waals surface area contributed by atoms with Gasteiger partial charge in [0.1, 0.15) is 0 Å². The smallest absolute Gasteiger partial charge is 0.193 e. The lowest BCUT2D eigenvalue weighted by molar-refractivity contribution is -0.0329. The summed E-state index contributed by atoms with van der Waals surface area (Å²) in [5, 5.41) is 3.48. The minimum atomic E-state index is 0.443. The fourth-order valence-electron chi connectivity index (χ4n) is 2.51. The normalized spacial score (nSPS) is 29.6. The van der Waals surface area contributed by atoms with E-state index in [1.807, 2.05) is 0 Å². The molecule has 0 aliphatic carbocycles. The largest absolute Gasteiger partial charge is 0.378 e. The van der Waals surface area contributed by atoms with Crippen LogP contribution in [0.5, 0.6) is 0 Å². The van der Waals surface area contributed by atoms with Crippen molar-refractivity contribution in [3.63, 3.8) is 0 Å². The molecule has 1 saturated heterocycles. The van der Waals surface area contributed by atoms with Crippen molar-refractivity contribution in [1.82, 2.24) is 10.2 Å². The van der Waals surface area contributed by atoms with E-state index in [2.05, 4.69) is 36.1 Å². The van der Waals surface area contributed by atoms with Crippen molar-refractivity contribution < 1.29 is 4.74 Å². The predicted molar refractivity (Wildman–Crippen MR) is 70.2 cm³/mol. The zero-order valence-electron chi connectivity index (χ0n) is 11.3. The molecule has 0 amide bonds. The Morgan fingerprint density at radius 2 is 2.35 bits per heavy atom. The molecule has 0 aromatic rings. The number of aliphatic imine (C=N–C) groups is 1. The zero-order valence-corrected chi connectivity index (χ0v) is 11.3. The summed E-state index contributed by atoms with van der Waals surface area (Å²) in [6.07, 6.45) is 2.80. The molecular weight excluding hydrogens is 214 g/mol. The third-order valence-corrected chi connectivity index (χ3v) is 3.77. The van der Waals surface area contributed by atoms with Gasteiger partial charge in [0.25, 0.3) is 0 Å². The molecular formula is C13H25N3O. The SMILES string of the molecule is CC(C)C1CC(CNC2=NCCN2C)CCO1. The highest BCUT2D eigenvalue weighted by Crippen LogP contribution is 2.24. The van der Waals surface area contributed by atoms with E-state index in [-0.39, 0.29) is 0 Å². The molecule has 1 fully saturated rings. The van der Waals surface area contributed by atoms with E-state index in [1.54, 1.807) is 0 Å². The first kappa shape index (κ1) is 12.7. The Kier molecular flexibility index (Phi) is 4.26. The van der Waals surface area contributed by atoms with Crippen LogP contribution in [0.3, 0.4) is 0 Å². The Balaban J connectivity index is 1.75. The molecule has 0 radical (unpaired) electrons. The van der Waals surface area contributed by atoms with Crippen LogP contribution in [0.25, 0.3) is 0 Å². The van der Waals surface area contributed by atoms with Crippen LogP contribution in [0.1, 0.15) is 26.7 Å². The van der Waals surface area contributed by atoms with E-state index in [0.717, 1.165) is 38.1 Å². The van der Waals surface area contributed by atoms with Gasteiger partial charge in [-0.25, -0.2) is 0 Å². The van der Waals surface area contributed by atoms with Crippen LogP contribution in [0.4, 0.5) is 0 Å². The average Bonchev–Trinajstić information content (AvgIpc) is 2.72. The first-order chi connectivity index (χ1) is 8.16. The third-order valence-electron chi connectivity index (χ3n) is 3.77. The maximum Gasteiger partial charge on any atom is 0.193 e. The van der Waals surface area contributed by atoms with Gasteiger partial charge in [-0.1, -0.05) is 13.8 Å². The van der Waals surface area contributed by atoms with Crippen LogP contribution in [0, 0.1) is 11.8 Å². The van der Waals surface area contributed by atoms with Crippen LogP contribution >= 0.6 is 0 Å². The maximum atomic E-state index is 5.79. The van der Waals surface area contributed by atoms with Gasteiger partial charge in [0.2, 0.25) is 0 Å². The molecule has 2 rings (SSSR count). The zero-order chi connectivity index (χ0) is 12.3. The van der Waals surface area contributed by atoms with Gasteiger partial charge in [-0.05, 0) is 24.7 Å². The standard InChI is InChI=1S/C13H25N3O/c1-10(2)12-8-11(4-7-17-12)9-15-13-14-5-6-16(13)3/h10-12H,4-9H2,1-3H3,(H,14,15). The number of guanidine groups is 1. The lowest BCUT2D eigenvalue weighted by atomic mass is 9.90. The number of hydrogen-bond acceptors (Lipinski definition) is 4. The van der Waals surface area contributed by atoms with Crippen LogP contribution in [0.2, 0.25) is 0 Å². The summed E-state index contributed by atoms with van der Waals surface area (Å²) in [5.74, 6) is 2.43. The van der Waals surface area contributed by atoms with Crippen LogP contribution < -0.4 is 5.32 Å². The lowest BCUT2D eigenvalue weighted by Gasteiger charge is -2.32. The molecule has 2 aliphatic rings. The molecule has 2 aliphatic heterocycles. The first-order valence-electron chi connectivity index (χ1n) is 6.78. The predicted octanol–water partition coefficient (Wildman–Crippen LogP) is 1.33. The Hall–Kier alpha value is -0.770. The molecule has 0 aromatic carbocycles. The molecule has 0 bridgehead atoms. The second kappa shape index (κ2) is 5.71. The lowest BCUT2D eigenvalue weighted by Crippen LogP contribution is -2.41. The number of nitrogens with one attached hydrogen (secondary N) is 1. The molecule has 2 atom stereocenters. The Bertz CT molecular complexity index is 278. The van der Waals surface area contributed by atoms with Gasteiger partial charge in [-0.2, -0.15) is 0 Å². The summed E-state index contributed by atoms with van der Waals surface area (Å²) in [6, 6.07) is 0. The second-order valence-electron chi connectivity index (χ2n) is 5.55. The van der Waals surface area contributed by atoms with Crippen molar-refractivity contribution in [3.05, 3.63) is 0 Å². The molecule has 4 heteroatoms. The van der Waals surface area contributed by atoms with Crippen molar-refractivity contribution in [2.45, 2.75) is 32.8 Å². The summed E-state index contributed by atoms with van der Waals surface area (Å²) in [7, 11) is 2.10. The number of nitrogens with zero attached hydrogens (tertiary/aromatic N) is 2. The molecule has 17 heavy (non-hydrogen) atoms. The van der Waals surface area contributed by atoms with E-state index in [4.69, 9.17) is 4.74 Å². The van der Waals surface area contributed by atoms with Gasteiger partial charge in [0, 0.05) is 26.7 Å². The number of rotatable bonds is 3. The summed E-state index contributed by atoms with van der Waals surface area (Å²) in [4.78, 5) is 6.65. The van der Waals surface area contributed by atoms with Gasteiger partial charge in [0.15, 0.2) is 5.96 Å². The molecule has 0 saturated carbocycles. The minimum Gasteiger partial charge on any atom is -0.378 e. The van der Waals surface area contributed by atoms with Crippen LogP contribution in [-0.2, 0) is 4.74 Å². The summed E-state index contributed by atoms with van der Waals surface area (Å²) < 4.78 is 5.79. The molecule has 98 valence electrons. The highest BCUT2D eigenvalue weighted by molar-refractivity contribution is 5.81. The molecule has 1 N–H and O–H groups in total. The quantitative estimate of drug-likeness (QED) is 0.807. The van der Waals surface area contributed by atoms with Crippen molar-refractivity contribution in [3.8, 4) is 0 Å². The Morgan fingerprint density at radius 3 is 3.00 bits per heavy atom. The maximum absolute atomic E-state index is 5.79. The van der Waals surface area contributed by atoms with Gasteiger partial charge < -0.3 is 15.0 Å². The van der Waals surface area contributed by atoms with E-state index < -0.39 is 0 Å². The molecule has 2 heterocycles. The molecule has 4 nitrogen and oxygen atoms in total. The monoisotopic (exact) mass is 239 g/mol. The van der Waals surface area contributed by atoms with E-state index in [0.29, 0.717) is 12.0 Å². The van der Waals surface area contributed by atoms with Gasteiger partial charge >= 0.3 is 0 Å². The summed E-state index contributed by atoms with van der Waals surface area (Å²) >= 11 is 0. The Labute approximate surface area is 104 Å².